The molecule has 4 rings (SSSR count). The van der Waals surface area contributed by atoms with E-state index in [4.69, 9.17) is 0 Å². The Morgan fingerprint density at radius 1 is 1.08 bits per heavy atom. The molecule has 1 atom stereocenters. The van der Waals surface area contributed by atoms with Crippen LogP contribution in [-0.2, 0) is 9.59 Å². The molecule has 1 aromatic rings. The summed E-state index contributed by atoms with van der Waals surface area (Å²) in [6.07, 6.45) is 5.12. The van der Waals surface area contributed by atoms with Crippen molar-refractivity contribution in [2.75, 3.05) is 50.7 Å². The number of rotatable bonds is 2. The lowest BCUT2D eigenvalue weighted by atomic mass is 9.94. The highest BCUT2D eigenvalue weighted by Gasteiger charge is 2.38. The minimum absolute atomic E-state index is 0.0400. The Balaban J connectivity index is 1.34. The van der Waals surface area contributed by atoms with Gasteiger partial charge >= 0.3 is 0 Å². The lowest BCUT2D eigenvalue weighted by Crippen LogP contribution is -2.65. The highest BCUT2D eigenvalue weighted by molar-refractivity contribution is 5.85. The first-order chi connectivity index (χ1) is 12.2. The van der Waals surface area contributed by atoms with Gasteiger partial charge in [-0.05, 0) is 18.9 Å². The Kier molecular flexibility index (Phi) is 4.52. The van der Waals surface area contributed by atoms with Gasteiger partial charge in [0.2, 0.25) is 17.8 Å². The maximum atomic E-state index is 12.9. The predicted octanol–water partition coefficient (Wildman–Crippen LogP) is -0.664. The smallest absolute Gasteiger partial charge is 0.239 e. The van der Waals surface area contributed by atoms with Crippen molar-refractivity contribution in [2.24, 2.45) is 5.92 Å². The fourth-order valence-corrected chi connectivity index (χ4v) is 4.02. The second kappa shape index (κ2) is 6.95. The van der Waals surface area contributed by atoms with Crippen LogP contribution in [0.3, 0.4) is 0 Å². The van der Waals surface area contributed by atoms with Crippen LogP contribution in [0.25, 0.3) is 0 Å². The number of carbonyl (C=O) groups excluding carboxylic acids is 2. The molecule has 2 amide bonds. The van der Waals surface area contributed by atoms with Crippen molar-refractivity contribution < 1.29 is 9.59 Å². The summed E-state index contributed by atoms with van der Waals surface area (Å²) in [5.41, 5.74) is 0. The van der Waals surface area contributed by atoms with E-state index in [1.807, 2.05) is 4.90 Å². The first-order valence-corrected chi connectivity index (χ1v) is 9.05. The predicted molar refractivity (Wildman–Crippen MR) is 91.9 cm³/mol. The van der Waals surface area contributed by atoms with Crippen molar-refractivity contribution in [1.29, 1.82) is 0 Å². The summed E-state index contributed by atoms with van der Waals surface area (Å²) in [4.78, 5) is 39.8. The molecule has 4 heterocycles. The summed E-state index contributed by atoms with van der Waals surface area (Å²) in [7, 11) is 0. The van der Waals surface area contributed by atoms with Crippen LogP contribution < -0.4 is 10.2 Å². The molecular formula is C17H24N6O2. The second-order valence-corrected chi connectivity index (χ2v) is 6.94. The molecule has 8 heteroatoms. The summed E-state index contributed by atoms with van der Waals surface area (Å²) in [5, 5.41) is 2.91. The van der Waals surface area contributed by atoms with E-state index in [1.54, 1.807) is 18.5 Å². The van der Waals surface area contributed by atoms with E-state index in [9.17, 15) is 9.59 Å². The summed E-state index contributed by atoms with van der Waals surface area (Å²) >= 11 is 0. The number of piperazine rings is 2. The van der Waals surface area contributed by atoms with Crippen LogP contribution in [0.5, 0.6) is 0 Å². The van der Waals surface area contributed by atoms with Crippen molar-refractivity contribution in [1.82, 2.24) is 25.1 Å². The van der Waals surface area contributed by atoms with Gasteiger partial charge in [-0.3, -0.25) is 14.5 Å². The molecule has 1 N–H and O–H groups in total. The van der Waals surface area contributed by atoms with Crippen molar-refractivity contribution in [3.8, 4) is 0 Å². The maximum absolute atomic E-state index is 12.9. The quantitative estimate of drug-likeness (QED) is 0.767. The summed E-state index contributed by atoms with van der Waals surface area (Å²) in [6, 6.07) is 1.63. The van der Waals surface area contributed by atoms with Crippen LogP contribution in [0.15, 0.2) is 18.5 Å². The zero-order valence-electron chi connectivity index (χ0n) is 14.3. The maximum Gasteiger partial charge on any atom is 0.239 e. The third kappa shape index (κ3) is 3.30. The molecule has 3 saturated heterocycles. The summed E-state index contributed by atoms with van der Waals surface area (Å²) < 4.78 is 0. The van der Waals surface area contributed by atoms with Gasteiger partial charge in [0, 0.05) is 64.1 Å². The number of nitrogens with zero attached hydrogens (tertiary/aromatic N) is 5. The molecule has 0 unspecified atom stereocenters. The van der Waals surface area contributed by atoms with Crippen LogP contribution >= 0.6 is 0 Å². The normalized spacial score (nSPS) is 25.4. The minimum atomic E-state index is -0.177. The molecule has 0 radical (unpaired) electrons. The van der Waals surface area contributed by atoms with Gasteiger partial charge in [-0.15, -0.1) is 0 Å². The third-order valence-corrected chi connectivity index (χ3v) is 5.48. The molecule has 3 aliphatic rings. The van der Waals surface area contributed by atoms with Crippen LogP contribution in [0, 0.1) is 5.92 Å². The van der Waals surface area contributed by atoms with Gasteiger partial charge in [0.05, 0.1) is 0 Å². The number of anilines is 1. The number of amides is 2. The van der Waals surface area contributed by atoms with Gasteiger partial charge in [0.1, 0.15) is 6.04 Å². The molecule has 1 aromatic heterocycles. The SMILES string of the molecule is O=C1NCCN2CCN(C(=O)C3CCN(c4ncccn4)CC3)C[C@@H]12. The standard InChI is InChI=1S/C17H24N6O2/c24-15-14-12-23(11-10-21(14)9-6-18-15)16(25)13-2-7-22(8-3-13)17-19-4-1-5-20-17/h1,4-5,13-14H,2-3,6-12H2,(H,18,24)/t14-/m0/s1. The molecule has 0 aliphatic carbocycles. The minimum Gasteiger partial charge on any atom is -0.353 e. The van der Waals surface area contributed by atoms with Gasteiger partial charge in [0.15, 0.2) is 0 Å². The van der Waals surface area contributed by atoms with Crippen LogP contribution in [0.1, 0.15) is 12.8 Å². The van der Waals surface area contributed by atoms with Gasteiger partial charge in [-0.1, -0.05) is 0 Å². The molecule has 0 aromatic carbocycles. The van der Waals surface area contributed by atoms with Gasteiger partial charge in [-0.2, -0.15) is 0 Å². The van der Waals surface area contributed by atoms with E-state index < -0.39 is 0 Å². The number of nitrogens with one attached hydrogen (secondary N) is 1. The fraction of sp³-hybridized carbons (Fsp3) is 0.647. The fourth-order valence-electron chi connectivity index (χ4n) is 4.02. The topological polar surface area (TPSA) is 81.7 Å². The van der Waals surface area contributed by atoms with E-state index in [0.29, 0.717) is 13.1 Å². The van der Waals surface area contributed by atoms with Crippen LogP contribution in [-0.4, -0.2) is 83.4 Å². The first-order valence-electron chi connectivity index (χ1n) is 9.05. The Morgan fingerprint density at radius 2 is 1.84 bits per heavy atom. The average Bonchev–Trinajstić information content (AvgIpc) is 2.68. The van der Waals surface area contributed by atoms with E-state index in [-0.39, 0.29) is 23.8 Å². The van der Waals surface area contributed by atoms with Crippen LogP contribution in [0.2, 0.25) is 0 Å². The number of fused-ring (bicyclic) bond motifs is 1. The number of piperidine rings is 1. The Hall–Kier alpha value is -2.22. The van der Waals surface area contributed by atoms with Crippen LogP contribution in [0.4, 0.5) is 5.95 Å². The zero-order valence-corrected chi connectivity index (χ0v) is 14.3. The van der Waals surface area contributed by atoms with E-state index in [1.165, 1.54) is 0 Å². The highest BCUT2D eigenvalue weighted by atomic mass is 16.2. The molecule has 0 bridgehead atoms. The average molecular weight is 344 g/mol. The number of aromatic nitrogens is 2. The zero-order chi connectivity index (χ0) is 17.2. The van der Waals surface area contributed by atoms with E-state index in [0.717, 1.165) is 51.5 Å². The van der Waals surface area contributed by atoms with Crippen molar-refractivity contribution >= 4 is 17.8 Å². The van der Waals surface area contributed by atoms with Gasteiger partial charge < -0.3 is 15.1 Å². The molecule has 134 valence electrons. The van der Waals surface area contributed by atoms with Crippen molar-refractivity contribution in [3.63, 3.8) is 0 Å². The Morgan fingerprint density at radius 3 is 2.60 bits per heavy atom. The molecule has 25 heavy (non-hydrogen) atoms. The van der Waals surface area contributed by atoms with Crippen molar-refractivity contribution in [2.45, 2.75) is 18.9 Å². The largest absolute Gasteiger partial charge is 0.353 e. The molecule has 3 fully saturated rings. The molecule has 3 aliphatic heterocycles. The number of hydrogen-bond acceptors (Lipinski definition) is 6. The monoisotopic (exact) mass is 344 g/mol. The summed E-state index contributed by atoms with van der Waals surface area (Å²) in [6.45, 7) is 5.23. The number of hydrogen-bond donors (Lipinski definition) is 1. The molecular weight excluding hydrogens is 320 g/mol. The summed E-state index contributed by atoms with van der Waals surface area (Å²) in [5.74, 6) is 1.03. The van der Waals surface area contributed by atoms with Gasteiger partial charge in [0.25, 0.3) is 0 Å². The number of carbonyl (C=O) groups is 2. The Bertz CT molecular complexity index is 631. The molecule has 0 spiro atoms. The molecule has 8 nitrogen and oxygen atoms in total. The molecule has 0 saturated carbocycles. The lowest BCUT2D eigenvalue weighted by Gasteiger charge is -2.44. The second-order valence-electron chi connectivity index (χ2n) is 6.94. The van der Waals surface area contributed by atoms with E-state index >= 15 is 0 Å². The van der Waals surface area contributed by atoms with Gasteiger partial charge in [-0.25, -0.2) is 9.97 Å². The first kappa shape index (κ1) is 16.3. The highest BCUT2D eigenvalue weighted by Crippen LogP contribution is 2.24. The third-order valence-electron chi connectivity index (χ3n) is 5.48. The van der Waals surface area contributed by atoms with E-state index in [2.05, 4.69) is 25.1 Å². The lowest BCUT2D eigenvalue weighted by molar-refractivity contribution is -0.143. The van der Waals surface area contributed by atoms with Crippen molar-refractivity contribution in [3.05, 3.63) is 18.5 Å². The Labute approximate surface area is 147 Å².